The van der Waals surface area contributed by atoms with Gasteiger partial charge in [-0.3, -0.25) is 14.2 Å². The molecule has 1 aliphatic rings. The van der Waals surface area contributed by atoms with Crippen molar-refractivity contribution in [2.24, 2.45) is 11.8 Å². The van der Waals surface area contributed by atoms with Crippen molar-refractivity contribution in [2.75, 3.05) is 31.7 Å². The molecule has 1 aromatic carbocycles. The van der Waals surface area contributed by atoms with E-state index in [1.807, 2.05) is 6.08 Å². The summed E-state index contributed by atoms with van der Waals surface area (Å²) < 4.78 is 42.6. The molecule has 1 aliphatic carbocycles. The summed E-state index contributed by atoms with van der Waals surface area (Å²) in [6.07, 6.45) is 8.33. The number of pyridine rings is 2. The van der Waals surface area contributed by atoms with Gasteiger partial charge in [0.2, 0.25) is 5.43 Å². The van der Waals surface area contributed by atoms with Crippen molar-refractivity contribution in [1.29, 1.82) is 0 Å². The first-order chi connectivity index (χ1) is 17.8. The molecule has 0 radical (unpaired) electrons. The van der Waals surface area contributed by atoms with E-state index in [4.69, 9.17) is 0 Å². The number of hydrogen-bond donors (Lipinski definition) is 1. The Balaban J connectivity index is 1.67. The van der Waals surface area contributed by atoms with Crippen LogP contribution in [0.5, 0.6) is 0 Å². The number of nitrogens with one attached hydrogen (secondary N) is 1. The fourth-order valence-electron chi connectivity index (χ4n) is 5.04. The van der Waals surface area contributed by atoms with Gasteiger partial charge in [-0.25, -0.2) is 18.2 Å². The molecule has 2 heterocycles. The molecule has 2 atom stereocenters. The molecule has 9 heteroatoms. The van der Waals surface area contributed by atoms with Gasteiger partial charge in [0.05, 0.1) is 11.1 Å². The molecular weight excluding hydrogens is 481 g/mol. The molecule has 1 N–H and O–H groups in total. The number of alkyl halides is 1. The molecule has 2 aromatic heterocycles. The van der Waals surface area contributed by atoms with E-state index in [-0.39, 0.29) is 28.8 Å². The van der Waals surface area contributed by atoms with Crippen molar-refractivity contribution >= 4 is 22.8 Å². The number of carbonyl (C=O) groups is 1. The summed E-state index contributed by atoms with van der Waals surface area (Å²) in [6, 6.07) is 6.06. The summed E-state index contributed by atoms with van der Waals surface area (Å²) in [4.78, 5) is 32.4. The smallest absolute Gasteiger partial charge is 0.256 e. The van der Waals surface area contributed by atoms with Crippen LogP contribution in [0.15, 0.2) is 54.0 Å². The van der Waals surface area contributed by atoms with Crippen molar-refractivity contribution in [2.45, 2.75) is 32.1 Å². The zero-order valence-electron chi connectivity index (χ0n) is 20.9. The lowest BCUT2D eigenvalue weighted by Gasteiger charge is -2.19. The number of amides is 1. The minimum Gasteiger partial charge on any atom is -0.357 e. The fourth-order valence-corrected chi connectivity index (χ4v) is 5.04. The third-order valence-electron chi connectivity index (χ3n) is 7.05. The number of fused-ring (bicyclic) bond motifs is 1. The molecule has 1 saturated carbocycles. The van der Waals surface area contributed by atoms with E-state index in [1.54, 1.807) is 18.0 Å². The summed E-state index contributed by atoms with van der Waals surface area (Å²) in [5.41, 5.74) is -0.712. The van der Waals surface area contributed by atoms with Gasteiger partial charge in [0, 0.05) is 32.4 Å². The number of carbonyl (C=O) groups excluding carboxylic acids is 1. The normalized spacial score (nSPS) is 17.2. The zero-order valence-corrected chi connectivity index (χ0v) is 20.9. The molecular formula is C28H31F3N4O2. The van der Waals surface area contributed by atoms with Crippen LogP contribution in [0.25, 0.3) is 16.7 Å². The van der Waals surface area contributed by atoms with Gasteiger partial charge in [0.25, 0.3) is 5.91 Å². The van der Waals surface area contributed by atoms with Crippen LogP contribution >= 0.6 is 0 Å². The first-order valence-electron chi connectivity index (χ1n) is 12.5. The third-order valence-corrected chi connectivity index (χ3v) is 7.05. The summed E-state index contributed by atoms with van der Waals surface area (Å²) in [5.74, 6) is -0.695. The number of rotatable bonds is 10. The minimum atomic E-state index is -0.879. The molecule has 4 rings (SSSR count). The fraction of sp³-hybridized carbons (Fsp3) is 0.393. The number of hydrogen-bond acceptors (Lipinski definition) is 4. The lowest BCUT2D eigenvalue weighted by atomic mass is 9.99. The molecule has 1 fully saturated rings. The van der Waals surface area contributed by atoms with Crippen LogP contribution in [-0.2, 0) is 0 Å². The van der Waals surface area contributed by atoms with Gasteiger partial charge in [-0.05, 0) is 61.8 Å². The molecule has 1 amide bonds. The highest BCUT2D eigenvalue weighted by Gasteiger charge is 2.24. The van der Waals surface area contributed by atoms with Gasteiger partial charge in [-0.1, -0.05) is 12.5 Å². The minimum absolute atomic E-state index is 0.0718. The molecule has 0 saturated heterocycles. The number of benzene rings is 1. The quantitative estimate of drug-likeness (QED) is 0.380. The number of allylic oxidation sites excluding steroid dienone is 1. The van der Waals surface area contributed by atoms with Crippen LogP contribution in [0.4, 0.5) is 19.0 Å². The Morgan fingerprint density at radius 3 is 2.76 bits per heavy atom. The van der Waals surface area contributed by atoms with Gasteiger partial charge in [0.1, 0.15) is 29.7 Å². The first-order valence-corrected chi connectivity index (χ1v) is 12.5. The Kier molecular flexibility index (Phi) is 8.31. The van der Waals surface area contributed by atoms with E-state index in [9.17, 15) is 22.8 Å². The number of nitrogens with zero attached hydrogens (tertiary/aromatic N) is 3. The van der Waals surface area contributed by atoms with Crippen LogP contribution in [0, 0.1) is 23.5 Å². The molecule has 0 spiro atoms. The van der Waals surface area contributed by atoms with E-state index in [1.165, 1.54) is 22.9 Å². The van der Waals surface area contributed by atoms with E-state index in [0.717, 1.165) is 44.2 Å². The molecule has 3 aromatic rings. The Hall–Kier alpha value is -3.62. The van der Waals surface area contributed by atoms with Crippen molar-refractivity contribution in [3.8, 4) is 5.69 Å². The van der Waals surface area contributed by atoms with Crippen LogP contribution in [0.3, 0.4) is 0 Å². The lowest BCUT2D eigenvalue weighted by molar-refractivity contribution is 0.0950. The topological polar surface area (TPSA) is 67.2 Å². The second-order valence-electron chi connectivity index (χ2n) is 9.60. The van der Waals surface area contributed by atoms with Crippen molar-refractivity contribution in [1.82, 2.24) is 14.9 Å². The standard InChI is InChI=1S/C28H31F3N4O2/c1-3-4-18-5-6-19(15-18)11-13-32-28(37)22-17-35(24-9-7-20(30)16-23(24)31)27-21(26(22)36)8-10-25(33-27)34(2)14-12-29/h3,7-10,16-19H,1,4-6,11-15H2,2H3,(H,32,37). The maximum atomic E-state index is 14.8. The van der Waals surface area contributed by atoms with Crippen LogP contribution in [0.1, 0.15) is 42.5 Å². The molecule has 37 heavy (non-hydrogen) atoms. The predicted molar refractivity (Wildman–Crippen MR) is 139 cm³/mol. The molecule has 196 valence electrons. The van der Waals surface area contributed by atoms with E-state index < -0.39 is 29.6 Å². The lowest BCUT2D eigenvalue weighted by Crippen LogP contribution is -2.31. The van der Waals surface area contributed by atoms with E-state index >= 15 is 0 Å². The second-order valence-corrected chi connectivity index (χ2v) is 9.60. The number of anilines is 1. The highest BCUT2D eigenvalue weighted by molar-refractivity contribution is 5.97. The van der Waals surface area contributed by atoms with Gasteiger partial charge < -0.3 is 10.2 Å². The average Bonchev–Trinajstić information content (AvgIpc) is 3.32. The second kappa shape index (κ2) is 11.6. The monoisotopic (exact) mass is 512 g/mol. The van der Waals surface area contributed by atoms with Crippen molar-refractivity contribution in [3.63, 3.8) is 0 Å². The maximum Gasteiger partial charge on any atom is 0.256 e. The maximum absolute atomic E-state index is 14.8. The third kappa shape index (κ3) is 5.87. The Labute approximate surface area is 213 Å². The highest BCUT2D eigenvalue weighted by atomic mass is 19.1. The van der Waals surface area contributed by atoms with E-state index in [2.05, 4.69) is 16.9 Å². The summed E-state index contributed by atoms with van der Waals surface area (Å²) >= 11 is 0. The van der Waals surface area contributed by atoms with Gasteiger partial charge in [-0.2, -0.15) is 0 Å². The Morgan fingerprint density at radius 1 is 1.24 bits per heavy atom. The largest absolute Gasteiger partial charge is 0.357 e. The van der Waals surface area contributed by atoms with Crippen LogP contribution in [-0.4, -0.2) is 42.3 Å². The summed E-state index contributed by atoms with van der Waals surface area (Å²) in [6.45, 7) is 3.69. The van der Waals surface area contributed by atoms with Crippen molar-refractivity contribution < 1.29 is 18.0 Å². The van der Waals surface area contributed by atoms with Crippen LogP contribution in [0.2, 0.25) is 0 Å². The Bertz CT molecular complexity index is 1360. The van der Waals surface area contributed by atoms with Gasteiger partial charge >= 0.3 is 0 Å². The molecule has 0 bridgehead atoms. The Morgan fingerprint density at radius 2 is 2.03 bits per heavy atom. The van der Waals surface area contributed by atoms with Gasteiger partial charge in [-0.15, -0.1) is 6.58 Å². The highest BCUT2D eigenvalue weighted by Crippen LogP contribution is 2.34. The molecule has 2 unspecified atom stereocenters. The predicted octanol–water partition coefficient (Wildman–Crippen LogP) is 5.18. The van der Waals surface area contributed by atoms with Gasteiger partial charge in [0.15, 0.2) is 5.65 Å². The first kappa shape index (κ1) is 26.4. The SMILES string of the molecule is C=CCC1CCC(CCNC(=O)c2cn(-c3ccc(F)cc3F)c3nc(N(C)CCF)ccc3c2=O)C1. The summed E-state index contributed by atoms with van der Waals surface area (Å²) in [7, 11) is 1.64. The molecule has 6 nitrogen and oxygen atoms in total. The van der Waals surface area contributed by atoms with E-state index in [0.29, 0.717) is 24.2 Å². The summed E-state index contributed by atoms with van der Waals surface area (Å²) in [5, 5.41) is 2.92. The number of aromatic nitrogens is 2. The van der Waals surface area contributed by atoms with Crippen LogP contribution < -0.4 is 15.6 Å². The molecule has 0 aliphatic heterocycles. The number of halogens is 3. The average molecular weight is 513 g/mol. The van der Waals surface area contributed by atoms with Crippen molar-refractivity contribution in [3.05, 3.63) is 76.6 Å². The zero-order chi connectivity index (χ0) is 26.5.